The highest BCUT2D eigenvalue weighted by Gasteiger charge is 2.20. The van der Waals surface area contributed by atoms with Crippen molar-refractivity contribution in [2.75, 3.05) is 124 Å². The third-order valence-electron chi connectivity index (χ3n) is 9.65. The van der Waals surface area contributed by atoms with Crippen LogP contribution in [0.3, 0.4) is 0 Å². The molecular weight excluding hydrogens is 813 g/mol. The van der Waals surface area contributed by atoms with Crippen LogP contribution in [-0.2, 0) is 47.6 Å². The summed E-state index contributed by atoms with van der Waals surface area (Å²) < 4.78 is 30.6. The van der Waals surface area contributed by atoms with Crippen LogP contribution in [0.4, 0.5) is 0 Å². The Morgan fingerprint density at radius 1 is 0.633 bits per heavy atom. The van der Waals surface area contributed by atoms with Gasteiger partial charge in [0, 0.05) is 70.2 Å². The van der Waals surface area contributed by atoms with Crippen LogP contribution in [-0.4, -0.2) is 173 Å². The molecule has 14 nitrogen and oxygen atoms in total. The molecule has 0 aliphatic heterocycles. The predicted octanol–water partition coefficient (Wildman–Crippen LogP) is 5.57. The molecule has 0 radical (unpaired) electrons. The normalized spacial score (nSPS) is 13.1. The molecule has 0 saturated heterocycles. The molecule has 0 rings (SSSR count). The molecule has 0 amide bonds. The molecule has 0 spiro atoms. The largest absolute Gasteiger partial charge is 0.463 e. The Kier molecular flexibility index (Phi) is 40.6. The zero-order chi connectivity index (χ0) is 44.5. The van der Waals surface area contributed by atoms with Gasteiger partial charge in [-0.15, -0.1) is 6.58 Å². The number of carbonyl (C=O) groups is 4. The molecule has 350 valence electrons. The van der Waals surface area contributed by atoms with Gasteiger partial charge in [-0.2, -0.15) is 23.5 Å². The van der Waals surface area contributed by atoms with E-state index in [1.165, 1.54) is 0 Å². The number of nitrogens with zero attached hydrogens (tertiary/aromatic N) is 2. The van der Waals surface area contributed by atoms with Crippen LogP contribution in [0.5, 0.6) is 0 Å². The fourth-order valence-electron chi connectivity index (χ4n) is 6.07. The molecule has 3 atom stereocenters. The third kappa shape index (κ3) is 36.5. The van der Waals surface area contributed by atoms with Crippen LogP contribution in [0.2, 0.25) is 0 Å². The number of hydrogen-bond donors (Lipinski definition) is 2. The van der Waals surface area contributed by atoms with E-state index in [1.807, 2.05) is 29.6 Å². The Bertz CT molecular complexity index is 1070. The van der Waals surface area contributed by atoms with E-state index in [9.17, 15) is 19.2 Å². The van der Waals surface area contributed by atoms with Crippen molar-refractivity contribution in [1.82, 2.24) is 9.80 Å². The second-order valence-corrected chi connectivity index (χ2v) is 17.2. The first-order valence-corrected chi connectivity index (χ1v) is 24.1. The highest BCUT2D eigenvalue weighted by atomic mass is 32.2. The van der Waals surface area contributed by atoms with Crippen LogP contribution in [0.15, 0.2) is 24.8 Å². The molecular formula is C44H80N2O12S2. The summed E-state index contributed by atoms with van der Waals surface area (Å²) in [6.45, 7) is 12.2. The minimum atomic E-state index is -0.388. The molecule has 0 aromatic carbocycles. The Morgan fingerprint density at radius 3 is 1.60 bits per heavy atom. The van der Waals surface area contributed by atoms with Crippen molar-refractivity contribution in [3.63, 3.8) is 0 Å². The number of aliphatic hydroxyl groups is 2. The topological polar surface area (TPSA) is 171 Å². The van der Waals surface area contributed by atoms with Crippen molar-refractivity contribution >= 4 is 47.4 Å². The van der Waals surface area contributed by atoms with E-state index in [2.05, 4.69) is 42.4 Å². The molecule has 16 heteroatoms. The number of esters is 4. The fourth-order valence-corrected chi connectivity index (χ4v) is 8.60. The standard InChI is InChI=1S/C44H80N2O12S2/c1-6-8-9-10-13-39(19-34-59-35-24-45(20-15-41(49)55-28-26-47)21-16-42(50)56-29-27-48)37-40(14-11-12-38(3)7-2)60-36-25-46(22-17-43(51)57-32-30-53-4)23-18-44(52)58-33-31-54-5/h7-9,38-40,47-48H,2,6,10-37H2,1,3-5H3/b9-8+. The van der Waals surface area contributed by atoms with Gasteiger partial charge in [0.05, 0.1) is 52.1 Å². The molecule has 0 aromatic rings. The highest BCUT2D eigenvalue weighted by molar-refractivity contribution is 8.00. The van der Waals surface area contributed by atoms with Gasteiger partial charge in [-0.25, -0.2) is 0 Å². The Morgan fingerprint density at radius 2 is 1.13 bits per heavy atom. The summed E-state index contributed by atoms with van der Waals surface area (Å²) in [5, 5.41) is 18.4. The summed E-state index contributed by atoms with van der Waals surface area (Å²) in [4.78, 5) is 53.3. The van der Waals surface area contributed by atoms with E-state index >= 15 is 0 Å². The maximum absolute atomic E-state index is 12.4. The lowest BCUT2D eigenvalue weighted by Gasteiger charge is -2.26. The summed E-state index contributed by atoms with van der Waals surface area (Å²) >= 11 is 3.87. The number of allylic oxidation sites excluding steroid dienone is 3. The number of hydrogen-bond acceptors (Lipinski definition) is 16. The first-order chi connectivity index (χ1) is 29.1. The average Bonchev–Trinajstić information content (AvgIpc) is 3.24. The zero-order valence-electron chi connectivity index (χ0n) is 37.4. The van der Waals surface area contributed by atoms with E-state index in [0.717, 1.165) is 75.2 Å². The zero-order valence-corrected chi connectivity index (χ0v) is 39.0. The van der Waals surface area contributed by atoms with Crippen molar-refractivity contribution in [2.45, 2.75) is 96.1 Å². The van der Waals surface area contributed by atoms with Gasteiger partial charge in [0.25, 0.3) is 0 Å². The van der Waals surface area contributed by atoms with Gasteiger partial charge in [-0.3, -0.25) is 19.2 Å². The van der Waals surface area contributed by atoms with E-state index in [0.29, 0.717) is 63.0 Å². The van der Waals surface area contributed by atoms with E-state index in [1.54, 1.807) is 14.2 Å². The summed E-state index contributed by atoms with van der Waals surface area (Å²) in [7, 11) is 3.13. The number of methoxy groups -OCH3 is 2. The van der Waals surface area contributed by atoms with Crippen molar-refractivity contribution in [2.24, 2.45) is 11.8 Å². The Labute approximate surface area is 370 Å². The molecule has 0 aliphatic carbocycles. The molecule has 0 fully saturated rings. The summed E-state index contributed by atoms with van der Waals surface area (Å²) in [6.07, 6.45) is 16.0. The van der Waals surface area contributed by atoms with E-state index in [-0.39, 0.29) is 89.2 Å². The predicted molar refractivity (Wildman–Crippen MR) is 241 cm³/mol. The number of ether oxygens (including phenoxy) is 6. The van der Waals surface area contributed by atoms with Gasteiger partial charge >= 0.3 is 23.9 Å². The average molecular weight is 893 g/mol. The van der Waals surface area contributed by atoms with E-state index < -0.39 is 0 Å². The molecule has 0 aromatic heterocycles. The number of carbonyl (C=O) groups excluding carboxylic acids is 4. The molecule has 0 aliphatic rings. The molecule has 2 N–H and O–H groups in total. The number of thioether (sulfide) groups is 2. The van der Waals surface area contributed by atoms with Gasteiger partial charge in [-0.05, 0) is 62.5 Å². The maximum atomic E-state index is 12.4. The first kappa shape index (κ1) is 57.8. The second kappa shape index (κ2) is 42.1. The lowest BCUT2D eigenvalue weighted by atomic mass is 9.92. The van der Waals surface area contributed by atoms with Crippen LogP contribution >= 0.6 is 23.5 Å². The smallest absolute Gasteiger partial charge is 0.307 e. The lowest BCUT2D eigenvalue weighted by molar-refractivity contribution is -0.147. The SMILES string of the molecule is C=CC(C)CCCC(CC(CC/C=C/CC)CCSCCN(CCC(=O)OCCO)CCC(=O)OCCO)SCCN(CCC(=O)OCCOC)CCC(=O)OCCOC. The fraction of sp³-hybridized carbons (Fsp3) is 0.818. The number of aliphatic hydroxyl groups excluding tert-OH is 2. The quantitative estimate of drug-likeness (QED) is 0.0337. The minimum Gasteiger partial charge on any atom is -0.463 e. The monoisotopic (exact) mass is 893 g/mol. The van der Waals surface area contributed by atoms with Gasteiger partial charge in [0.2, 0.25) is 0 Å². The second-order valence-electron chi connectivity index (χ2n) is 14.6. The van der Waals surface area contributed by atoms with Gasteiger partial charge in [0.15, 0.2) is 0 Å². The molecule has 60 heavy (non-hydrogen) atoms. The Hall–Kier alpha value is -2.18. The first-order valence-electron chi connectivity index (χ1n) is 21.9. The summed E-state index contributed by atoms with van der Waals surface area (Å²) in [5.74, 6) is 2.34. The molecule has 3 unspecified atom stereocenters. The van der Waals surface area contributed by atoms with Crippen molar-refractivity contribution < 1.29 is 57.8 Å². The van der Waals surface area contributed by atoms with Gasteiger partial charge in [-0.1, -0.05) is 38.5 Å². The molecule has 0 bridgehead atoms. The minimum absolute atomic E-state index is 0.0363. The molecule has 0 heterocycles. The van der Waals surface area contributed by atoms with Crippen LogP contribution in [0.1, 0.15) is 90.9 Å². The van der Waals surface area contributed by atoms with Gasteiger partial charge < -0.3 is 48.4 Å². The van der Waals surface area contributed by atoms with Crippen molar-refractivity contribution in [3.8, 4) is 0 Å². The number of rotatable bonds is 43. The van der Waals surface area contributed by atoms with E-state index in [4.69, 9.17) is 38.6 Å². The van der Waals surface area contributed by atoms with Crippen LogP contribution in [0.25, 0.3) is 0 Å². The van der Waals surface area contributed by atoms with Crippen molar-refractivity contribution in [3.05, 3.63) is 24.8 Å². The van der Waals surface area contributed by atoms with Gasteiger partial charge in [0.1, 0.15) is 26.4 Å². The summed E-state index contributed by atoms with van der Waals surface area (Å²) in [6, 6.07) is 0. The highest BCUT2D eigenvalue weighted by Crippen LogP contribution is 2.30. The maximum Gasteiger partial charge on any atom is 0.307 e. The lowest BCUT2D eigenvalue weighted by Crippen LogP contribution is -2.32. The summed E-state index contributed by atoms with van der Waals surface area (Å²) in [5.41, 5.74) is 0. The Balaban J connectivity index is 5.62. The van der Waals surface area contributed by atoms with Crippen molar-refractivity contribution in [1.29, 1.82) is 0 Å². The van der Waals surface area contributed by atoms with Crippen LogP contribution < -0.4 is 0 Å². The molecule has 0 saturated carbocycles. The van der Waals surface area contributed by atoms with Crippen LogP contribution in [0, 0.1) is 11.8 Å². The third-order valence-corrected chi connectivity index (χ3v) is 12.0.